The highest BCUT2D eigenvalue weighted by atomic mass is 32.2. The molecule has 50 heavy (non-hydrogen) atoms. The molecule has 2 atom stereocenters. The first-order valence-electron chi connectivity index (χ1n) is 15.8. The zero-order valence-corrected chi connectivity index (χ0v) is 29.1. The van der Waals surface area contributed by atoms with Crippen molar-refractivity contribution in [2.75, 3.05) is 18.5 Å². The highest BCUT2D eigenvalue weighted by Crippen LogP contribution is 2.40. The molecule has 2 aromatic carbocycles. The van der Waals surface area contributed by atoms with Gasteiger partial charge in [-0.15, -0.1) is 11.8 Å². The second-order valence-corrected chi connectivity index (χ2v) is 12.5. The van der Waals surface area contributed by atoms with E-state index in [1.807, 2.05) is 12.1 Å². The lowest BCUT2D eigenvalue weighted by Gasteiger charge is -2.15. The molecule has 2 unspecified atom stereocenters. The van der Waals surface area contributed by atoms with Gasteiger partial charge < -0.3 is 29.8 Å². The van der Waals surface area contributed by atoms with Crippen LogP contribution in [0.1, 0.15) is 56.2 Å². The minimum atomic E-state index is -0.704. The van der Waals surface area contributed by atoms with Crippen LogP contribution in [0.5, 0.6) is 0 Å². The lowest BCUT2D eigenvalue weighted by Crippen LogP contribution is -2.34. The highest BCUT2D eigenvalue weighted by Gasteiger charge is 2.34. The molecule has 0 aliphatic carbocycles. The van der Waals surface area contributed by atoms with Crippen molar-refractivity contribution in [2.24, 2.45) is 4.99 Å². The van der Waals surface area contributed by atoms with Gasteiger partial charge in [-0.2, -0.15) is 0 Å². The summed E-state index contributed by atoms with van der Waals surface area (Å²) in [4.78, 5) is 72.0. The lowest BCUT2D eigenvalue weighted by atomic mass is 9.96. The van der Waals surface area contributed by atoms with Gasteiger partial charge in [0.15, 0.2) is 0 Å². The summed E-state index contributed by atoms with van der Waals surface area (Å²) in [7, 11) is 0. The Morgan fingerprint density at radius 1 is 0.920 bits per heavy atom. The molecule has 2 amide bonds. The van der Waals surface area contributed by atoms with Crippen LogP contribution in [-0.2, 0) is 33.4 Å². The van der Waals surface area contributed by atoms with Gasteiger partial charge in [0.1, 0.15) is 28.2 Å². The van der Waals surface area contributed by atoms with Crippen LogP contribution in [0, 0.1) is 0 Å². The van der Waals surface area contributed by atoms with Gasteiger partial charge >= 0.3 is 11.9 Å². The van der Waals surface area contributed by atoms with Crippen LogP contribution in [0.4, 0.5) is 5.82 Å². The first-order chi connectivity index (χ1) is 24.0. The summed E-state index contributed by atoms with van der Waals surface area (Å²) < 4.78 is 15.8. The molecule has 0 bridgehead atoms. The average molecular weight is 699 g/mol. The van der Waals surface area contributed by atoms with E-state index in [1.54, 1.807) is 82.3 Å². The molecule has 4 rings (SSSR count). The molecule has 260 valence electrons. The van der Waals surface area contributed by atoms with E-state index in [-0.39, 0.29) is 47.3 Å². The number of hydrogen-bond acceptors (Lipinski definition) is 10. The van der Waals surface area contributed by atoms with Gasteiger partial charge in [-0.05, 0) is 51.8 Å². The normalized spacial score (nSPS) is 14.3. The number of aromatic nitrogens is 1. The van der Waals surface area contributed by atoms with Gasteiger partial charge in [-0.1, -0.05) is 67.2 Å². The first-order valence-corrected chi connectivity index (χ1v) is 16.7. The van der Waals surface area contributed by atoms with E-state index in [0.717, 1.165) is 11.8 Å². The van der Waals surface area contributed by atoms with Gasteiger partial charge in [0, 0.05) is 16.7 Å². The fourth-order valence-corrected chi connectivity index (χ4v) is 5.91. The summed E-state index contributed by atoms with van der Waals surface area (Å²) in [6, 6.07) is 18.0. The number of esters is 2. The molecule has 1 aromatic heterocycles. The van der Waals surface area contributed by atoms with Crippen molar-refractivity contribution in [3.63, 3.8) is 0 Å². The Labute approximate surface area is 294 Å². The van der Waals surface area contributed by atoms with Crippen LogP contribution in [-0.4, -0.2) is 64.9 Å². The number of nitrogens with one attached hydrogen (secondary N) is 3. The predicted molar refractivity (Wildman–Crippen MR) is 193 cm³/mol. The number of H-pyrrole nitrogens is 1. The van der Waals surface area contributed by atoms with Gasteiger partial charge in [0.2, 0.25) is 5.91 Å². The molecule has 1 aliphatic heterocycles. The van der Waals surface area contributed by atoms with E-state index >= 15 is 0 Å². The number of benzene rings is 2. The number of ether oxygens (including phenoxy) is 3. The quantitative estimate of drug-likeness (QED) is 0.0611. The summed E-state index contributed by atoms with van der Waals surface area (Å²) in [5.41, 5.74) is 2.27. The summed E-state index contributed by atoms with van der Waals surface area (Å²) in [6.45, 7) is 12.3. The summed E-state index contributed by atoms with van der Waals surface area (Å²) >= 11 is 1.11. The van der Waals surface area contributed by atoms with Crippen molar-refractivity contribution >= 4 is 65.3 Å². The number of allylic oxidation sites excluding steroid dienone is 1. The SMILES string of the molecule is C=C(C)C(=O)NC1=N/C(=C\c2[nH]c(NC(=O)C(C)SC(C)OC=O)c(C(=O)OCC)c2-c2ccccc2)C(c2ccccc2)=C1C(=O)OCC. The topological polar surface area (TPSA) is 165 Å². The number of aliphatic imine (C=N–C) groups is 1. The molecule has 13 heteroatoms. The van der Waals surface area contributed by atoms with E-state index < -0.39 is 34.4 Å². The third-order valence-electron chi connectivity index (χ3n) is 7.25. The molecule has 3 aromatic rings. The molecule has 2 heterocycles. The van der Waals surface area contributed by atoms with E-state index in [1.165, 1.54) is 6.92 Å². The Morgan fingerprint density at radius 2 is 1.52 bits per heavy atom. The smallest absolute Gasteiger partial charge is 0.342 e. The number of carbonyl (C=O) groups excluding carboxylic acids is 5. The minimum absolute atomic E-state index is 0.0309. The fraction of sp³-hybridized carbons (Fsp3) is 0.243. The Bertz CT molecular complexity index is 1880. The van der Waals surface area contributed by atoms with E-state index in [4.69, 9.17) is 19.2 Å². The molecular formula is C37H38N4O8S. The van der Waals surface area contributed by atoms with Crippen molar-refractivity contribution in [1.82, 2.24) is 10.3 Å². The zero-order chi connectivity index (χ0) is 36.4. The number of amidine groups is 1. The van der Waals surface area contributed by atoms with Crippen LogP contribution in [0.3, 0.4) is 0 Å². The Hall–Kier alpha value is -5.69. The maximum Gasteiger partial charge on any atom is 0.342 e. The van der Waals surface area contributed by atoms with E-state index in [0.29, 0.717) is 34.4 Å². The number of hydrogen-bond donors (Lipinski definition) is 3. The van der Waals surface area contributed by atoms with E-state index in [9.17, 15) is 24.0 Å². The van der Waals surface area contributed by atoms with Crippen LogP contribution in [0.25, 0.3) is 22.8 Å². The van der Waals surface area contributed by atoms with Crippen LogP contribution < -0.4 is 10.6 Å². The second kappa shape index (κ2) is 17.1. The van der Waals surface area contributed by atoms with Crippen molar-refractivity contribution in [1.29, 1.82) is 0 Å². The molecule has 0 spiro atoms. The maximum absolute atomic E-state index is 13.6. The molecule has 0 saturated heterocycles. The van der Waals surface area contributed by atoms with Gasteiger partial charge in [0.25, 0.3) is 12.4 Å². The molecule has 0 fully saturated rings. The molecule has 12 nitrogen and oxygen atoms in total. The Kier molecular flexibility index (Phi) is 12.7. The third-order valence-corrected chi connectivity index (χ3v) is 8.37. The third kappa shape index (κ3) is 8.66. The van der Waals surface area contributed by atoms with Crippen molar-refractivity contribution in [3.05, 3.63) is 101 Å². The number of anilines is 1. The molecule has 0 radical (unpaired) electrons. The lowest BCUT2D eigenvalue weighted by molar-refractivity contribution is -0.137. The van der Waals surface area contributed by atoms with Crippen LogP contribution >= 0.6 is 11.8 Å². The summed E-state index contributed by atoms with van der Waals surface area (Å²) in [5, 5.41) is 4.80. The number of amides is 2. The van der Waals surface area contributed by atoms with Crippen molar-refractivity contribution < 1.29 is 38.2 Å². The molecule has 1 aliphatic rings. The Balaban J connectivity index is 2.00. The standard InChI is InChI=1S/C37H38N4O8S/c1-7-47-36(45)30-28(24-15-11-9-12-16-24)26(38-32(30)40-34(43)21(3)4)19-27-29(25-17-13-10-14-18-25)31(37(46)48-8-2)33(39-27)41-35(44)22(5)50-23(6)49-20-42/h9-20,22-23,39H,3,7-8H2,1-2,4-6H3,(H,41,44)(H,38,40,43)/b26-19-. The highest BCUT2D eigenvalue weighted by molar-refractivity contribution is 8.01. The summed E-state index contributed by atoms with van der Waals surface area (Å²) in [5.74, 6) is -2.39. The van der Waals surface area contributed by atoms with E-state index in [2.05, 4.69) is 22.2 Å². The minimum Gasteiger partial charge on any atom is -0.462 e. The first kappa shape index (κ1) is 37.1. The molecule has 0 saturated carbocycles. The van der Waals surface area contributed by atoms with Gasteiger partial charge in [-0.25, -0.2) is 14.6 Å². The number of carbonyl (C=O) groups is 5. The molecule has 3 N–H and O–H groups in total. The van der Waals surface area contributed by atoms with Crippen LogP contribution in [0.15, 0.2) is 89.1 Å². The number of rotatable bonds is 14. The van der Waals surface area contributed by atoms with Crippen LogP contribution in [0.2, 0.25) is 0 Å². The monoisotopic (exact) mass is 698 g/mol. The van der Waals surface area contributed by atoms with Gasteiger partial charge in [-0.3, -0.25) is 14.4 Å². The van der Waals surface area contributed by atoms with Crippen molar-refractivity contribution in [2.45, 2.75) is 45.3 Å². The Morgan fingerprint density at radius 3 is 2.10 bits per heavy atom. The summed E-state index contributed by atoms with van der Waals surface area (Å²) in [6.07, 6.45) is 1.63. The predicted octanol–water partition coefficient (Wildman–Crippen LogP) is 5.90. The number of aromatic amines is 1. The second-order valence-electron chi connectivity index (χ2n) is 10.9. The zero-order valence-electron chi connectivity index (χ0n) is 28.3. The number of nitrogens with zero attached hydrogens (tertiary/aromatic N) is 1. The fourth-order valence-electron chi connectivity index (χ4n) is 5.04. The van der Waals surface area contributed by atoms with Gasteiger partial charge in [0.05, 0.1) is 29.9 Å². The largest absolute Gasteiger partial charge is 0.462 e. The molecular weight excluding hydrogens is 660 g/mol. The maximum atomic E-state index is 13.6. The van der Waals surface area contributed by atoms with Crippen molar-refractivity contribution in [3.8, 4) is 11.1 Å². The average Bonchev–Trinajstić information content (AvgIpc) is 3.63. The number of thioether (sulfide) groups is 1.